The van der Waals surface area contributed by atoms with Crippen molar-refractivity contribution in [1.29, 1.82) is 0 Å². The van der Waals surface area contributed by atoms with Crippen LogP contribution >= 0.6 is 0 Å². The van der Waals surface area contributed by atoms with Gasteiger partial charge in [-0.25, -0.2) is 0 Å². The van der Waals surface area contributed by atoms with Crippen LogP contribution in [0.2, 0.25) is 0 Å². The Hall–Kier alpha value is -1.59. The van der Waals surface area contributed by atoms with E-state index in [0.717, 1.165) is 37.0 Å². The van der Waals surface area contributed by atoms with Gasteiger partial charge in [0.15, 0.2) is 5.60 Å². The minimum Gasteiger partial charge on any atom is -0.462 e. The molecule has 0 unspecified atom stereocenters. The fourth-order valence-electron chi connectivity index (χ4n) is 9.95. The van der Waals surface area contributed by atoms with Gasteiger partial charge in [0.05, 0.1) is 0 Å². The molecule has 37 heavy (non-hydrogen) atoms. The van der Waals surface area contributed by atoms with E-state index in [9.17, 15) is 14.8 Å². The third kappa shape index (κ3) is 4.84. The van der Waals surface area contributed by atoms with E-state index in [4.69, 9.17) is 9.47 Å². The molecule has 0 saturated heterocycles. The lowest BCUT2D eigenvalue weighted by Gasteiger charge is -2.64. The Labute approximate surface area is 224 Å². The Morgan fingerprint density at radius 1 is 1.00 bits per heavy atom. The Morgan fingerprint density at radius 3 is 2.35 bits per heavy atom. The van der Waals surface area contributed by atoms with Crippen LogP contribution in [0.1, 0.15) is 119 Å². The summed E-state index contributed by atoms with van der Waals surface area (Å²) in [6.45, 7) is 14.8. The van der Waals surface area contributed by atoms with Crippen LogP contribution in [0.25, 0.3) is 0 Å². The predicted octanol–water partition coefficient (Wildman–Crippen LogP) is 7.17. The van der Waals surface area contributed by atoms with Crippen molar-refractivity contribution in [2.45, 2.75) is 131 Å². The van der Waals surface area contributed by atoms with Crippen LogP contribution in [0, 0.1) is 46.3 Å². The molecule has 0 aliphatic heterocycles. The fraction of sp³-hybridized carbons (Fsp3) is 0.903. The zero-order valence-electron chi connectivity index (χ0n) is 24.3. The first-order valence-electron chi connectivity index (χ1n) is 15.0. The molecule has 0 aromatic carbocycles. The van der Waals surface area contributed by atoms with E-state index >= 15 is 0 Å². The third-order valence-electron chi connectivity index (χ3n) is 11.5. The highest BCUT2D eigenvalue weighted by atomic mass is 16.6. The first kappa shape index (κ1) is 28.4. The summed E-state index contributed by atoms with van der Waals surface area (Å²) < 4.78 is 11.8. The Bertz CT molecular complexity index is 900. The molecule has 0 aromatic rings. The molecule has 1 N–H and O–H groups in total. The first-order valence-corrected chi connectivity index (χ1v) is 15.0. The summed E-state index contributed by atoms with van der Waals surface area (Å²) in [5.74, 6) is 2.96. The van der Waals surface area contributed by atoms with Gasteiger partial charge in [-0.3, -0.25) is 9.59 Å². The molecule has 210 valence electrons. The van der Waals surface area contributed by atoms with Crippen LogP contribution in [0.4, 0.5) is 0 Å². The highest BCUT2D eigenvalue weighted by molar-refractivity contribution is 5.96. The average molecular weight is 518 g/mol. The second kappa shape index (κ2) is 10.5. The minimum absolute atomic E-state index is 0.311. The van der Waals surface area contributed by atoms with Crippen LogP contribution in [0.15, 0.2) is 5.16 Å². The van der Waals surface area contributed by atoms with Gasteiger partial charge in [-0.1, -0.05) is 59.0 Å². The number of oxime groups is 1. The lowest BCUT2D eigenvalue weighted by molar-refractivity contribution is -0.204. The van der Waals surface area contributed by atoms with Crippen molar-refractivity contribution in [1.82, 2.24) is 0 Å². The SMILES string of the molecule is CC(=O)O[C@@H]1CC[C@]2(C)[C@H]3CC[C@]4(C)[C@@H]([C@H](C)CCCC(C)C)CC[C@H]4[C@@H]3C/C(=N\O)[C@]2(OC(C)=O)C1. The molecule has 0 spiro atoms. The van der Waals surface area contributed by atoms with E-state index in [1.54, 1.807) is 0 Å². The van der Waals surface area contributed by atoms with Crippen LogP contribution < -0.4 is 0 Å². The van der Waals surface area contributed by atoms with Crippen molar-refractivity contribution in [2.75, 3.05) is 0 Å². The van der Waals surface area contributed by atoms with E-state index in [1.165, 1.54) is 52.4 Å². The molecular formula is C31H51NO5. The quantitative estimate of drug-likeness (QED) is 0.220. The number of carbonyl (C=O) groups is 2. The van der Waals surface area contributed by atoms with Gasteiger partial charge in [-0.05, 0) is 85.9 Å². The second-order valence-electron chi connectivity index (χ2n) is 14.0. The van der Waals surface area contributed by atoms with Gasteiger partial charge in [-0.2, -0.15) is 0 Å². The predicted molar refractivity (Wildman–Crippen MR) is 144 cm³/mol. The first-order chi connectivity index (χ1) is 17.4. The highest BCUT2D eigenvalue weighted by Crippen LogP contribution is 2.69. The van der Waals surface area contributed by atoms with Gasteiger partial charge >= 0.3 is 11.9 Å². The van der Waals surface area contributed by atoms with Crippen molar-refractivity contribution < 1.29 is 24.3 Å². The maximum atomic E-state index is 12.5. The monoisotopic (exact) mass is 517 g/mol. The molecule has 0 aromatic heterocycles. The Balaban J connectivity index is 1.63. The molecule has 6 heteroatoms. The Morgan fingerprint density at radius 2 is 1.73 bits per heavy atom. The van der Waals surface area contributed by atoms with Crippen molar-refractivity contribution in [3.05, 3.63) is 0 Å². The van der Waals surface area contributed by atoms with Gasteiger partial charge < -0.3 is 14.7 Å². The van der Waals surface area contributed by atoms with Crippen LogP contribution in [0.3, 0.4) is 0 Å². The summed E-state index contributed by atoms with van der Waals surface area (Å²) in [5.41, 5.74) is -0.474. The highest BCUT2D eigenvalue weighted by Gasteiger charge is 2.69. The van der Waals surface area contributed by atoms with Crippen molar-refractivity contribution in [3.63, 3.8) is 0 Å². The molecule has 4 rings (SSSR count). The van der Waals surface area contributed by atoms with E-state index in [1.807, 2.05) is 0 Å². The molecule has 0 amide bonds. The van der Waals surface area contributed by atoms with Crippen LogP contribution in [-0.2, 0) is 19.1 Å². The fourth-order valence-corrected chi connectivity index (χ4v) is 9.95. The molecule has 0 bridgehead atoms. The molecule has 4 saturated carbocycles. The zero-order valence-corrected chi connectivity index (χ0v) is 24.3. The molecule has 4 aliphatic carbocycles. The summed E-state index contributed by atoms with van der Waals surface area (Å²) in [6.07, 6.45) is 11.0. The van der Waals surface area contributed by atoms with E-state index < -0.39 is 5.60 Å². The van der Waals surface area contributed by atoms with E-state index in [-0.39, 0.29) is 23.5 Å². The van der Waals surface area contributed by atoms with Gasteiger partial charge in [0.2, 0.25) is 0 Å². The summed E-state index contributed by atoms with van der Waals surface area (Å²) >= 11 is 0. The van der Waals surface area contributed by atoms with E-state index in [0.29, 0.717) is 41.7 Å². The number of hydrogen-bond donors (Lipinski definition) is 1. The third-order valence-corrected chi connectivity index (χ3v) is 11.5. The lowest BCUT2D eigenvalue weighted by atomic mass is 9.42. The van der Waals surface area contributed by atoms with Gasteiger partial charge in [-0.15, -0.1) is 0 Å². The van der Waals surface area contributed by atoms with Crippen LogP contribution in [0.5, 0.6) is 0 Å². The molecule has 0 heterocycles. The standard InChI is InChI=1S/C31H51NO5/c1-19(2)9-8-10-20(3)25-11-12-26-24-17-28(32-35)31(37-22(5)34)18-23(36-21(4)33)13-16-30(31,7)27(24)14-15-29(25,26)6/h19-20,23-27,35H,8-18H2,1-7H3/b32-28+/t20-,23-,24+,25-,26+,27+,29-,30-,31-/m1/s1. The maximum absolute atomic E-state index is 12.5. The smallest absolute Gasteiger partial charge is 0.303 e. The van der Waals surface area contributed by atoms with Gasteiger partial charge in [0, 0.05) is 25.7 Å². The second-order valence-corrected chi connectivity index (χ2v) is 14.0. The molecule has 9 atom stereocenters. The summed E-state index contributed by atoms with van der Waals surface area (Å²) in [4.78, 5) is 24.3. The number of carbonyl (C=O) groups excluding carboxylic acids is 2. The maximum Gasteiger partial charge on any atom is 0.303 e. The number of rotatable bonds is 7. The molecule has 4 fully saturated rings. The molecule has 0 radical (unpaired) electrons. The summed E-state index contributed by atoms with van der Waals surface area (Å²) in [5, 5.41) is 14.2. The normalized spacial score (nSPS) is 43.0. The Kier molecular flexibility index (Phi) is 8.08. The van der Waals surface area contributed by atoms with Crippen molar-refractivity contribution >= 4 is 17.7 Å². The summed E-state index contributed by atoms with van der Waals surface area (Å²) in [7, 11) is 0. The number of nitrogens with zero attached hydrogens (tertiary/aromatic N) is 1. The zero-order chi connectivity index (χ0) is 27.2. The average Bonchev–Trinajstić information content (AvgIpc) is 3.15. The van der Waals surface area contributed by atoms with Crippen LogP contribution in [-0.4, -0.2) is 34.6 Å². The number of fused-ring (bicyclic) bond motifs is 5. The lowest BCUT2D eigenvalue weighted by Crippen LogP contribution is -2.68. The van der Waals surface area contributed by atoms with Gasteiger partial charge in [0.1, 0.15) is 11.8 Å². The summed E-state index contributed by atoms with van der Waals surface area (Å²) in [6, 6.07) is 0. The van der Waals surface area contributed by atoms with E-state index in [2.05, 4.69) is 39.8 Å². The van der Waals surface area contributed by atoms with Gasteiger partial charge in [0.25, 0.3) is 0 Å². The number of hydrogen-bond acceptors (Lipinski definition) is 6. The molecule has 6 nitrogen and oxygen atoms in total. The number of esters is 2. The molecular weight excluding hydrogens is 466 g/mol. The largest absolute Gasteiger partial charge is 0.462 e. The molecule has 4 aliphatic rings. The van der Waals surface area contributed by atoms with Crippen molar-refractivity contribution in [3.8, 4) is 0 Å². The number of ether oxygens (including phenoxy) is 2. The minimum atomic E-state index is -1.02. The van der Waals surface area contributed by atoms with Crippen molar-refractivity contribution in [2.24, 2.45) is 51.5 Å². The topological polar surface area (TPSA) is 85.2 Å².